The molecular formula is C10H9BN2O. The number of benzene rings is 1. The van der Waals surface area contributed by atoms with E-state index >= 15 is 0 Å². The molecule has 0 aliphatic carbocycles. The summed E-state index contributed by atoms with van der Waals surface area (Å²) in [7, 11) is 5.77. The molecule has 1 heterocycles. The highest BCUT2D eigenvalue weighted by atomic mass is 16.1. The molecule has 1 aromatic heterocycles. The van der Waals surface area contributed by atoms with Gasteiger partial charge in [0.2, 0.25) is 0 Å². The molecule has 0 aliphatic rings. The average Bonchev–Trinajstić information content (AvgIpc) is 2.47. The highest BCUT2D eigenvalue weighted by Crippen LogP contribution is 2.16. The Morgan fingerprint density at radius 2 is 2.21 bits per heavy atom. The van der Waals surface area contributed by atoms with Gasteiger partial charge < -0.3 is 10.7 Å². The molecular weight excluding hydrogens is 175 g/mol. The van der Waals surface area contributed by atoms with Crippen LogP contribution in [0.5, 0.6) is 0 Å². The fourth-order valence-corrected chi connectivity index (χ4v) is 1.58. The van der Waals surface area contributed by atoms with Crippen molar-refractivity contribution in [2.75, 3.05) is 0 Å². The van der Waals surface area contributed by atoms with Gasteiger partial charge in [0.05, 0.1) is 11.1 Å². The summed E-state index contributed by atoms with van der Waals surface area (Å²) in [6, 6.07) is 5.22. The van der Waals surface area contributed by atoms with E-state index < -0.39 is 5.91 Å². The molecule has 1 amide bonds. The van der Waals surface area contributed by atoms with Crippen molar-refractivity contribution in [3.8, 4) is 0 Å². The molecule has 0 fully saturated rings. The number of rotatable bonds is 1. The lowest BCUT2D eigenvalue weighted by molar-refractivity contribution is 0.100. The van der Waals surface area contributed by atoms with Crippen molar-refractivity contribution in [2.24, 2.45) is 5.73 Å². The number of fused-ring (bicyclic) bond motifs is 1. The van der Waals surface area contributed by atoms with E-state index in [9.17, 15) is 4.79 Å². The highest BCUT2D eigenvalue weighted by molar-refractivity contribution is 6.39. The molecule has 0 saturated heterocycles. The van der Waals surface area contributed by atoms with Crippen molar-refractivity contribution in [3.05, 3.63) is 29.5 Å². The van der Waals surface area contributed by atoms with Crippen molar-refractivity contribution in [1.29, 1.82) is 0 Å². The number of H-pyrrole nitrogens is 1. The van der Waals surface area contributed by atoms with Crippen molar-refractivity contribution in [3.63, 3.8) is 0 Å². The summed E-state index contributed by atoms with van der Waals surface area (Å²) in [5.74, 6) is -0.447. The van der Waals surface area contributed by atoms with Gasteiger partial charge in [-0.2, -0.15) is 0 Å². The second-order valence-corrected chi connectivity index (χ2v) is 3.31. The minimum Gasteiger partial charge on any atom is -0.366 e. The summed E-state index contributed by atoms with van der Waals surface area (Å²) in [6.45, 7) is 1.91. The Hall–Kier alpha value is -1.71. The van der Waals surface area contributed by atoms with Gasteiger partial charge in [-0.3, -0.25) is 4.79 Å². The fourth-order valence-electron chi connectivity index (χ4n) is 1.58. The van der Waals surface area contributed by atoms with Crippen LogP contribution >= 0.6 is 0 Å². The molecule has 68 valence electrons. The van der Waals surface area contributed by atoms with Gasteiger partial charge in [-0.05, 0) is 24.4 Å². The highest BCUT2D eigenvalue weighted by Gasteiger charge is 2.09. The van der Waals surface area contributed by atoms with E-state index in [0.717, 1.165) is 16.6 Å². The van der Waals surface area contributed by atoms with E-state index in [1.807, 2.05) is 13.0 Å². The zero-order valence-electron chi connectivity index (χ0n) is 7.79. The van der Waals surface area contributed by atoms with Crippen LogP contribution < -0.4 is 11.2 Å². The Balaban J connectivity index is 2.87. The van der Waals surface area contributed by atoms with Gasteiger partial charge in [-0.15, -0.1) is 0 Å². The van der Waals surface area contributed by atoms with E-state index in [0.29, 0.717) is 11.0 Å². The maximum atomic E-state index is 11.1. The van der Waals surface area contributed by atoms with Crippen LogP contribution in [0.2, 0.25) is 0 Å². The fraction of sp³-hybridized carbons (Fsp3) is 0.100. The number of aromatic nitrogens is 1. The first-order valence-corrected chi connectivity index (χ1v) is 4.27. The number of hydrogen-bond donors (Lipinski definition) is 2. The predicted molar refractivity (Wildman–Crippen MR) is 56.9 cm³/mol. The van der Waals surface area contributed by atoms with E-state index in [1.165, 1.54) is 0 Å². The second kappa shape index (κ2) is 2.91. The molecule has 2 aromatic rings. The average molecular weight is 184 g/mol. The largest absolute Gasteiger partial charge is 0.366 e. The van der Waals surface area contributed by atoms with E-state index in [4.69, 9.17) is 13.6 Å². The number of aromatic amines is 1. The van der Waals surface area contributed by atoms with Gasteiger partial charge in [-0.1, -0.05) is 11.5 Å². The normalized spacial score (nSPS) is 10.6. The third-order valence-electron chi connectivity index (χ3n) is 2.23. The summed E-state index contributed by atoms with van der Waals surface area (Å²) in [4.78, 5) is 14.2. The van der Waals surface area contributed by atoms with Crippen molar-refractivity contribution in [2.45, 2.75) is 6.92 Å². The van der Waals surface area contributed by atoms with Gasteiger partial charge >= 0.3 is 0 Å². The molecule has 0 aliphatic heterocycles. The molecule has 14 heavy (non-hydrogen) atoms. The third-order valence-corrected chi connectivity index (χ3v) is 2.23. The molecule has 0 atom stereocenters. The first kappa shape index (κ1) is 8.87. The van der Waals surface area contributed by atoms with Crippen molar-refractivity contribution in [1.82, 2.24) is 4.98 Å². The minimum absolute atomic E-state index is 0.447. The van der Waals surface area contributed by atoms with Crippen LogP contribution in [-0.4, -0.2) is 18.7 Å². The Morgan fingerprint density at radius 3 is 2.86 bits per heavy atom. The van der Waals surface area contributed by atoms with Crippen molar-refractivity contribution >= 4 is 30.1 Å². The number of carbonyl (C=O) groups is 1. The summed E-state index contributed by atoms with van der Waals surface area (Å²) in [5, 5.41) is 0.846. The Bertz CT molecular complexity index is 516. The van der Waals surface area contributed by atoms with E-state index in [1.54, 1.807) is 12.1 Å². The van der Waals surface area contributed by atoms with E-state index in [2.05, 4.69) is 4.98 Å². The maximum Gasteiger partial charge on any atom is 0.250 e. The lowest BCUT2D eigenvalue weighted by Gasteiger charge is -2.00. The molecule has 0 spiro atoms. The van der Waals surface area contributed by atoms with Crippen LogP contribution in [-0.2, 0) is 0 Å². The molecule has 0 bridgehead atoms. The molecule has 0 saturated carbocycles. The molecule has 4 heteroatoms. The van der Waals surface area contributed by atoms with Crippen LogP contribution in [0.4, 0.5) is 0 Å². The van der Waals surface area contributed by atoms with Crippen LogP contribution in [0.3, 0.4) is 0 Å². The SMILES string of the molecule is [B]c1ccc(C(N)=O)c2[nH]c(C)cc12. The van der Waals surface area contributed by atoms with Gasteiger partial charge in [0.15, 0.2) is 0 Å². The number of amides is 1. The first-order valence-electron chi connectivity index (χ1n) is 4.27. The maximum absolute atomic E-state index is 11.1. The predicted octanol–water partition coefficient (Wildman–Crippen LogP) is 0.369. The second-order valence-electron chi connectivity index (χ2n) is 3.31. The van der Waals surface area contributed by atoms with Crippen LogP contribution in [0, 0.1) is 6.92 Å². The van der Waals surface area contributed by atoms with Crippen LogP contribution in [0.15, 0.2) is 18.2 Å². The van der Waals surface area contributed by atoms with Gasteiger partial charge in [0.1, 0.15) is 7.85 Å². The number of primary amides is 1. The number of hydrogen-bond acceptors (Lipinski definition) is 1. The molecule has 3 N–H and O–H groups in total. The van der Waals surface area contributed by atoms with E-state index in [-0.39, 0.29) is 0 Å². The minimum atomic E-state index is -0.447. The molecule has 3 nitrogen and oxygen atoms in total. The number of nitrogens with two attached hydrogens (primary N) is 1. The molecule has 2 radical (unpaired) electrons. The first-order chi connectivity index (χ1) is 6.59. The van der Waals surface area contributed by atoms with Gasteiger partial charge in [-0.25, -0.2) is 0 Å². The molecule has 2 rings (SSSR count). The quantitative estimate of drug-likeness (QED) is 0.618. The smallest absolute Gasteiger partial charge is 0.250 e. The van der Waals surface area contributed by atoms with Gasteiger partial charge in [0, 0.05) is 5.69 Å². The molecule has 0 unspecified atom stereocenters. The Morgan fingerprint density at radius 1 is 1.50 bits per heavy atom. The lowest BCUT2D eigenvalue weighted by atomic mass is 9.91. The summed E-state index contributed by atoms with van der Waals surface area (Å²) in [6.07, 6.45) is 0. The third kappa shape index (κ3) is 1.19. The topological polar surface area (TPSA) is 58.9 Å². The Kier molecular flexibility index (Phi) is 1.84. The molecule has 1 aromatic carbocycles. The van der Waals surface area contributed by atoms with Crippen molar-refractivity contribution < 1.29 is 4.79 Å². The summed E-state index contributed by atoms with van der Waals surface area (Å²) >= 11 is 0. The summed E-state index contributed by atoms with van der Waals surface area (Å²) < 4.78 is 0. The zero-order valence-corrected chi connectivity index (χ0v) is 7.79. The number of aryl methyl sites for hydroxylation is 1. The summed E-state index contributed by atoms with van der Waals surface area (Å²) in [5.41, 5.74) is 8.04. The van der Waals surface area contributed by atoms with Gasteiger partial charge in [0.25, 0.3) is 5.91 Å². The Labute approximate surface area is 82.7 Å². The lowest BCUT2D eigenvalue weighted by Crippen LogP contribution is -2.14. The monoisotopic (exact) mass is 184 g/mol. The number of nitrogens with one attached hydrogen (secondary N) is 1. The van der Waals surface area contributed by atoms with Crippen LogP contribution in [0.25, 0.3) is 10.9 Å². The number of carbonyl (C=O) groups excluding carboxylic acids is 1. The van der Waals surface area contributed by atoms with Crippen LogP contribution in [0.1, 0.15) is 16.1 Å². The zero-order chi connectivity index (χ0) is 10.3. The standard InChI is InChI=1S/C10H9BN2O/c1-5-4-7-8(11)3-2-6(10(12)14)9(7)13-5/h2-4,13H,1H3,(H2,12,14).